The van der Waals surface area contributed by atoms with Crippen LogP contribution < -0.4 is 5.73 Å². The average molecular weight is 369 g/mol. The second kappa shape index (κ2) is 6.22. The normalized spacial score (nSPS) is 12.8. The smallest absolute Gasteiger partial charge is 0.144 e. The Labute approximate surface area is 122 Å². The minimum absolute atomic E-state index is 0.443. The van der Waals surface area contributed by atoms with Gasteiger partial charge in [-0.1, -0.05) is 46.3 Å². The SMILES string of the molecule is N[C@H](N=Nc1ccc(Br)cc1Br)c1ccccc1. The van der Waals surface area contributed by atoms with Gasteiger partial charge in [0.25, 0.3) is 0 Å². The highest BCUT2D eigenvalue weighted by molar-refractivity contribution is 9.11. The van der Waals surface area contributed by atoms with E-state index in [2.05, 4.69) is 42.1 Å². The lowest BCUT2D eigenvalue weighted by Gasteiger charge is -2.05. The lowest BCUT2D eigenvalue weighted by Crippen LogP contribution is -2.05. The Morgan fingerprint density at radius 2 is 1.72 bits per heavy atom. The highest BCUT2D eigenvalue weighted by Crippen LogP contribution is 2.29. The van der Waals surface area contributed by atoms with Crippen LogP contribution in [0.4, 0.5) is 5.69 Å². The molecule has 0 bridgehead atoms. The number of nitrogens with two attached hydrogens (primary N) is 1. The molecule has 0 aliphatic heterocycles. The summed E-state index contributed by atoms with van der Waals surface area (Å²) < 4.78 is 1.86. The molecule has 2 rings (SSSR count). The Balaban J connectivity index is 2.16. The third kappa shape index (κ3) is 3.48. The van der Waals surface area contributed by atoms with Crippen molar-refractivity contribution in [1.29, 1.82) is 0 Å². The highest BCUT2D eigenvalue weighted by atomic mass is 79.9. The topological polar surface area (TPSA) is 50.7 Å². The first kappa shape index (κ1) is 13.4. The van der Waals surface area contributed by atoms with Crippen molar-refractivity contribution >= 4 is 37.5 Å². The van der Waals surface area contributed by atoms with E-state index in [1.165, 1.54) is 0 Å². The van der Waals surface area contributed by atoms with E-state index < -0.39 is 6.17 Å². The first-order valence-corrected chi connectivity index (χ1v) is 6.92. The number of benzene rings is 2. The van der Waals surface area contributed by atoms with E-state index in [0.717, 1.165) is 20.2 Å². The molecule has 18 heavy (non-hydrogen) atoms. The molecule has 0 spiro atoms. The van der Waals surface area contributed by atoms with Crippen molar-refractivity contribution in [3.05, 3.63) is 63.0 Å². The van der Waals surface area contributed by atoms with E-state index >= 15 is 0 Å². The molecule has 2 aromatic carbocycles. The van der Waals surface area contributed by atoms with Gasteiger partial charge in [0.05, 0.1) is 5.69 Å². The van der Waals surface area contributed by atoms with E-state index in [4.69, 9.17) is 5.73 Å². The van der Waals surface area contributed by atoms with Gasteiger partial charge in [0.1, 0.15) is 6.17 Å². The highest BCUT2D eigenvalue weighted by Gasteiger charge is 2.03. The van der Waals surface area contributed by atoms with Crippen LogP contribution >= 0.6 is 31.9 Å². The summed E-state index contributed by atoms with van der Waals surface area (Å²) >= 11 is 6.81. The van der Waals surface area contributed by atoms with Crippen LogP contribution in [0, 0.1) is 0 Å². The van der Waals surface area contributed by atoms with Crippen LogP contribution in [0.5, 0.6) is 0 Å². The Kier molecular flexibility index (Phi) is 4.63. The number of nitrogens with zero attached hydrogens (tertiary/aromatic N) is 2. The van der Waals surface area contributed by atoms with Crippen LogP contribution in [0.3, 0.4) is 0 Å². The molecule has 3 nitrogen and oxygen atoms in total. The third-order valence-electron chi connectivity index (χ3n) is 2.34. The van der Waals surface area contributed by atoms with Crippen LogP contribution in [0.2, 0.25) is 0 Å². The molecule has 0 saturated carbocycles. The second-order valence-corrected chi connectivity index (χ2v) is 5.44. The molecule has 0 amide bonds. The van der Waals surface area contributed by atoms with Crippen LogP contribution in [-0.2, 0) is 0 Å². The van der Waals surface area contributed by atoms with E-state index in [-0.39, 0.29) is 0 Å². The number of rotatable bonds is 3. The zero-order valence-corrected chi connectivity index (χ0v) is 12.6. The van der Waals surface area contributed by atoms with Gasteiger partial charge in [0, 0.05) is 8.95 Å². The maximum Gasteiger partial charge on any atom is 0.144 e. The zero-order chi connectivity index (χ0) is 13.0. The predicted octanol–water partition coefficient (Wildman–Crippen LogP) is 4.95. The van der Waals surface area contributed by atoms with E-state index in [9.17, 15) is 0 Å². The van der Waals surface area contributed by atoms with Crippen molar-refractivity contribution in [3.8, 4) is 0 Å². The fourth-order valence-corrected chi connectivity index (χ4v) is 2.53. The van der Waals surface area contributed by atoms with Crippen molar-refractivity contribution < 1.29 is 0 Å². The number of hydrogen-bond donors (Lipinski definition) is 1. The Bertz CT molecular complexity index is 555. The first-order chi connectivity index (χ1) is 8.66. The van der Waals surface area contributed by atoms with Crippen molar-refractivity contribution in [2.24, 2.45) is 16.0 Å². The molecule has 1 atom stereocenters. The summed E-state index contributed by atoms with van der Waals surface area (Å²) in [5, 5.41) is 8.27. The number of azo groups is 1. The molecule has 0 fully saturated rings. The number of hydrogen-bond acceptors (Lipinski definition) is 3. The zero-order valence-electron chi connectivity index (χ0n) is 9.42. The molecule has 2 N–H and O–H groups in total. The van der Waals surface area contributed by atoms with Crippen molar-refractivity contribution in [2.75, 3.05) is 0 Å². The molecule has 0 aliphatic rings. The Morgan fingerprint density at radius 1 is 1.00 bits per heavy atom. The molecule has 5 heteroatoms. The minimum atomic E-state index is -0.443. The van der Waals surface area contributed by atoms with Gasteiger partial charge in [-0.25, -0.2) is 0 Å². The van der Waals surface area contributed by atoms with E-state index in [1.54, 1.807) is 0 Å². The van der Waals surface area contributed by atoms with Gasteiger partial charge in [-0.3, -0.25) is 0 Å². The average Bonchev–Trinajstić information content (AvgIpc) is 2.38. The molecular formula is C13H11Br2N3. The fourth-order valence-electron chi connectivity index (χ4n) is 1.40. The molecular weight excluding hydrogens is 358 g/mol. The summed E-state index contributed by atoms with van der Waals surface area (Å²) in [4.78, 5) is 0. The molecule has 0 radical (unpaired) electrons. The maximum atomic E-state index is 5.94. The first-order valence-electron chi connectivity index (χ1n) is 5.33. The summed E-state index contributed by atoms with van der Waals surface area (Å²) in [6.45, 7) is 0. The summed E-state index contributed by atoms with van der Waals surface area (Å²) in [6, 6.07) is 15.4. The monoisotopic (exact) mass is 367 g/mol. The van der Waals surface area contributed by atoms with Crippen molar-refractivity contribution in [1.82, 2.24) is 0 Å². The van der Waals surface area contributed by atoms with Gasteiger partial charge in [0.2, 0.25) is 0 Å². The van der Waals surface area contributed by atoms with Crippen LogP contribution in [0.25, 0.3) is 0 Å². The van der Waals surface area contributed by atoms with Crippen LogP contribution in [-0.4, -0.2) is 0 Å². The molecule has 2 aromatic rings. The lowest BCUT2D eigenvalue weighted by atomic mass is 10.2. The standard InChI is InChI=1S/C13H11Br2N3/c14-10-6-7-12(11(15)8-10)17-18-13(16)9-4-2-1-3-5-9/h1-8,13H,16H2/t13-/m1/s1. The molecule has 0 aromatic heterocycles. The summed E-state index contributed by atoms with van der Waals surface area (Å²) in [7, 11) is 0. The summed E-state index contributed by atoms with van der Waals surface area (Å²) in [5.74, 6) is 0. The molecule has 0 aliphatic carbocycles. The van der Waals surface area contributed by atoms with Gasteiger partial charge in [-0.2, -0.15) is 10.2 Å². The van der Waals surface area contributed by atoms with Gasteiger partial charge < -0.3 is 5.73 Å². The molecule has 0 saturated heterocycles. The van der Waals surface area contributed by atoms with Gasteiger partial charge in [-0.05, 0) is 39.7 Å². The van der Waals surface area contributed by atoms with Gasteiger partial charge >= 0.3 is 0 Å². The molecule has 0 heterocycles. The van der Waals surface area contributed by atoms with Crippen LogP contribution in [0.1, 0.15) is 11.7 Å². The van der Waals surface area contributed by atoms with E-state index in [1.807, 2.05) is 48.5 Å². The molecule has 0 unspecified atom stereocenters. The Hall–Kier alpha value is -1.04. The third-order valence-corrected chi connectivity index (χ3v) is 3.47. The second-order valence-electron chi connectivity index (χ2n) is 3.67. The number of halogens is 2. The molecule has 92 valence electrons. The lowest BCUT2D eigenvalue weighted by molar-refractivity contribution is 0.726. The van der Waals surface area contributed by atoms with E-state index in [0.29, 0.717) is 0 Å². The summed E-state index contributed by atoms with van der Waals surface area (Å²) in [5.41, 5.74) is 7.63. The Morgan fingerprint density at radius 3 is 2.39 bits per heavy atom. The fraction of sp³-hybridized carbons (Fsp3) is 0.0769. The predicted molar refractivity (Wildman–Crippen MR) is 79.7 cm³/mol. The van der Waals surface area contributed by atoms with Gasteiger partial charge in [0.15, 0.2) is 0 Å². The van der Waals surface area contributed by atoms with Crippen LogP contribution in [0.15, 0.2) is 67.7 Å². The van der Waals surface area contributed by atoms with Crippen molar-refractivity contribution in [3.63, 3.8) is 0 Å². The quantitative estimate of drug-likeness (QED) is 0.765. The summed E-state index contributed by atoms with van der Waals surface area (Å²) in [6.07, 6.45) is -0.443. The largest absolute Gasteiger partial charge is 0.304 e. The minimum Gasteiger partial charge on any atom is -0.304 e. The van der Waals surface area contributed by atoms with Gasteiger partial charge in [-0.15, -0.1) is 0 Å². The van der Waals surface area contributed by atoms with Crippen molar-refractivity contribution in [2.45, 2.75) is 6.17 Å². The maximum absolute atomic E-state index is 5.94.